The lowest BCUT2D eigenvalue weighted by Gasteiger charge is -2.39. The molecule has 1 aliphatic rings. The molecule has 2 amide bonds. The fourth-order valence-corrected chi connectivity index (χ4v) is 2.51. The molecule has 7 heteroatoms. The van der Waals surface area contributed by atoms with Gasteiger partial charge in [0.2, 0.25) is 0 Å². The predicted octanol–water partition coefficient (Wildman–Crippen LogP) is 3.17. The monoisotopic (exact) mass is 316 g/mol. The van der Waals surface area contributed by atoms with E-state index in [1.54, 1.807) is 12.1 Å². The highest BCUT2D eigenvalue weighted by Gasteiger charge is 2.54. The molecule has 22 heavy (non-hydrogen) atoms. The SMILES string of the molecule is CCc1ccccc1NC(=O)N1CCC(O)(C(F)(F)F)CC1. The van der Waals surface area contributed by atoms with Gasteiger partial charge in [-0.3, -0.25) is 0 Å². The van der Waals surface area contributed by atoms with Gasteiger partial charge in [0.1, 0.15) is 0 Å². The van der Waals surface area contributed by atoms with Gasteiger partial charge in [-0.2, -0.15) is 13.2 Å². The van der Waals surface area contributed by atoms with E-state index in [-0.39, 0.29) is 13.1 Å². The topological polar surface area (TPSA) is 52.6 Å². The molecule has 0 bridgehead atoms. The van der Waals surface area contributed by atoms with Gasteiger partial charge in [-0.1, -0.05) is 25.1 Å². The number of para-hydroxylation sites is 1. The Hall–Kier alpha value is -1.76. The molecule has 0 spiro atoms. The van der Waals surface area contributed by atoms with E-state index in [2.05, 4.69) is 5.32 Å². The number of nitrogens with one attached hydrogen (secondary N) is 1. The average molecular weight is 316 g/mol. The third-order valence-corrected chi connectivity index (χ3v) is 4.05. The lowest BCUT2D eigenvalue weighted by molar-refractivity contribution is -0.271. The summed E-state index contributed by atoms with van der Waals surface area (Å²) in [4.78, 5) is 13.4. The van der Waals surface area contributed by atoms with Gasteiger partial charge >= 0.3 is 12.2 Å². The number of anilines is 1. The number of alkyl halides is 3. The molecule has 0 unspecified atom stereocenters. The van der Waals surface area contributed by atoms with Crippen molar-refractivity contribution in [3.63, 3.8) is 0 Å². The van der Waals surface area contributed by atoms with Crippen molar-refractivity contribution in [2.24, 2.45) is 0 Å². The number of nitrogens with zero attached hydrogens (tertiary/aromatic N) is 1. The van der Waals surface area contributed by atoms with E-state index in [0.29, 0.717) is 5.69 Å². The second-order valence-electron chi connectivity index (χ2n) is 5.46. The van der Waals surface area contributed by atoms with Crippen LogP contribution in [0.3, 0.4) is 0 Å². The first-order valence-electron chi connectivity index (χ1n) is 7.20. The number of piperidine rings is 1. The number of carbonyl (C=O) groups is 1. The van der Waals surface area contributed by atoms with Crippen molar-refractivity contribution in [1.29, 1.82) is 0 Å². The van der Waals surface area contributed by atoms with Crippen LogP contribution in [-0.2, 0) is 6.42 Å². The van der Waals surface area contributed by atoms with E-state index in [4.69, 9.17) is 0 Å². The zero-order valence-corrected chi connectivity index (χ0v) is 12.3. The maximum atomic E-state index is 12.7. The number of hydrogen-bond donors (Lipinski definition) is 2. The average Bonchev–Trinajstić information content (AvgIpc) is 2.47. The van der Waals surface area contributed by atoms with Crippen molar-refractivity contribution in [3.05, 3.63) is 29.8 Å². The van der Waals surface area contributed by atoms with E-state index in [0.717, 1.165) is 12.0 Å². The molecule has 0 atom stereocenters. The molecule has 0 aliphatic carbocycles. The largest absolute Gasteiger partial charge is 0.417 e. The van der Waals surface area contributed by atoms with Crippen molar-refractivity contribution >= 4 is 11.7 Å². The standard InChI is InChI=1S/C15H19F3N2O2/c1-2-11-5-3-4-6-12(11)19-13(21)20-9-7-14(22,8-10-20)15(16,17)18/h3-6,22H,2,7-10H2,1H3,(H,19,21). The molecule has 1 aromatic rings. The Balaban J connectivity index is 1.99. The van der Waals surface area contributed by atoms with Gasteiger partial charge in [0.25, 0.3) is 0 Å². The molecule has 0 saturated carbocycles. The number of urea groups is 1. The van der Waals surface area contributed by atoms with E-state index in [1.807, 2.05) is 19.1 Å². The van der Waals surface area contributed by atoms with Crippen LogP contribution < -0.4 is 5.32 Å². The predicted molar refractivity (Wildman–Crippen MR) is 76.7 cm³/mol. The number of hydrogen-bond acceptors (Lipinski definition) is 2. The first-order chi connectivity index (χ1) is 10.3. The number of halogens is 3. The second kappa shape index (κ2) is 6.16. The highest BCUT2D eigenvalue weighted by atomic mass is 19.4. The van der Waals surface area contributed by atoms with Crippen LogP contribution in [0, 0.1) is 0 Å². The van der Waals surface area contributed by atoms with Gasteiger partial charge in [0, 0.05) is 31.6 Å². The Kier molecular flexibility index (Phi) is 4.65. The van der Waals surface area contributed by atoms with Crippen LogP contribution in [0.5, 0.6) is 0 Å². The Morgan fingerprint density at radius 1 is 1.32 bits per heavy atom. The molecule has 1 saturated heterocycles. The number of likely N-dealkylation sites (tertiary alicyclic amines) is 1. The van der Waals surface area contributed by atoms with Gasteiger partial charge in [-0.25, -0.2) is 4.79 Å². The van der Waals surface area contributed by atoms with E-state index < -0.39 is 30.7 Å². The summed E-state index contributed by atoms with van der Waals surface area (Å²) in [5, 5.41) is 12.3. The van der Waals surface area contributed by atoms with Gasteiger partial charge in [0.05, 0.1) is 0 Å². The summed E-state index contributed by atoms with van der Waals surface area (Å²) in [5.74, 6) is 0. The summed E-state index contributed by atoms with van der Waals surface area (Å²) >= 11 is 0. The Morgan fingerprint density at radius 2 is 1.91 bits per heavy atom. The van der Waals surface area contributed by atoms with Crippen LogP contribution in [-0.4, -0.2) is 40.9 Å². The molecule has 1 aromatic carbocycles. The van der Waals surface area contributed by atoms with E-state index in [1.165, 1.54) is 4.90 Å². The smallest absolute Gasteiger partial charge is 0.380 e. The number of benzene rings is 1. The quantitative estimate of drug-likeness (QED) is 0.880. The molecular formula is C15H19F3N2O2. The Labute approximate surface area is 126 Å². The van der Waals surface area contributed by atoms with Gasteiger partial charge in [-0.05, 0) is 18.1 Å². The molecule has 1 aliphatic heterocycles. The van der Waals surface area contributed by atoms with Crippen molar-refractivity contribution < 1.29 is 23.1 Å². The number of rotatable bonds is 2. The molecular weight excluding hydrogens is 297 g/mol. The highest BCUT2D eigenvalue weighted by molar-refractivity contribution is 5.90. The molecule has 122 valence electrons. The first kappa shape index (κ1) is 16.6. The molecule has 0 aromatic heterocycles. The molecule has 1 fully saturated rings. The summed E-state index contributed by atoms with van der Waals surface area (Å²) in [7, 11) is 0. The van der Waals surface area contributed by atoms with Gasteiger partial charge < -0.3 is 15.3 Å². The van der Waals surface area contributed by atoms with Crippen LogP contribution in [0.2, 0.25) is 0 Å². The maximum Gasteiger partial charge on any atom is 0.417 e. The molecule has 2 rings (SSSR count). The minimum Gasteiger partial charge on any atom is -0.380 e. The van der Waals surface area contributed by atoms with Gasteiger partial charge in [0.15, 0.2) is 5.60 Å². The minimum atomic E-state index is -4.66. The fourth-order valence-electron chi connectivity index (χ4n) is 2.51. The number of aryl methyl sites for hydroxylation is 1. The first-order valence-corrected chi connectivity index (χ1v) is 7.20. The molecule has 2 N–H and O–H groups in total. The van der Waals surface area contributed by atoms with Crippen LogP contribution in [0.1, 0.15) is 25.3 Å². The number of amides is 2. The Morgan fingerprint density at radius 3 is 2.45 bits per heavy atom. The molecule has 4 nitrogen and oxygen atoms in total. The van der Waals surface area contributed by atoms with Crippen molar-refractivity contribution in [3.8, 4) is 0 Å². The van der Waals surface area contributed by atoms with Crippen molar-refractivity contribution in [2.75, 3.05) is 18.4 Å². The second-order valence-corrected chi connectivity index (χ2v) is 5.46. The summed E-state index contributed by atoms with van der Waals surface area (Å²) in [6, 6.07) is 6.85. The van der Waals surface area contributed by atoms with E-state index in [9.17, 15) is 23.1 Å². The third kappa shape index (κ3) is 3.35. The molecule has 1 heterocycles. The Bertz CT molecular complexity index is 538. The number of carbonyl (C=O) groups excluding carboxylic acids is 1. The fraction of sp³-hybridized carbons (Fsp3) is 0.533. The minimum absolute atomic E-state index is 0.129. The lowest BCUT2D eigenvalue weighted by Crippen LogP contribution is -2.55. The lowest BCUT2D eigenvalue weighted by atomic mass is 9.91. The third-order valence-electron chi connectivity index (χ3n) is 4.05. The summed E-state index contributed by atoms with van der Waals surface area (Å²) in [5.41, 5.74) is -1.07. The summed E-state index contributed by atoms with van der Waals surface area (Å²) in [6.45, 7) is 1.70. The highest BCUT2D eigenvalue weighted by Crippen LogP contribution is 2.38. The summed E-state index contributed by atoms with van der Waals surface area (Å²) < 4.78 is 38.2. The van der Waals surface area contributed by atoms with E-state index >= 15 is 0 Å². The molecule has 0 radical (unpaired) electrons. The summed E-state index contributed by atoms with van der Waals surface area (Å²) in [6.07, 6.45) is -4.92. The maximum absolute atomic E-state index is 12.7. The van der Waals surface area contributed by atoms with Crippen LogP contribution in [0.4, 0.5) is 23.7 Å². The van der Waals surface area contributed by atoms with Crippen molar-refractivity contribution in [2.45, 2.75) is 38.0 Å². The van der Waals surface area contributed by atoms with Crippen LogP contribution in [0.15, 0.2) is 24.3 Å². The van der Waals surface area contributed by atoms with Crippen molar-refractivity contribution in [1.82, 2.24) is 4.90 Å². The zero-order valence-electron chi connectivity index (χ0n) is 12.3. The number of aliphatic hydroxyl groups is 1. The van der Waals surface area contributed by atoms with Crippen LogP contribution >= 0.6 is 0 Å². The van der Waals surface area contributed by atoms with Gasteiger partial charge in [-0.15, -0.1) is 0 Å². The normalized spacial score (nSPS) is 18.1. The zero-order chi connectivity index (χ0) is 16.4. The van der Waals surface area contributed by atoms with Crippen LogP contribution in [0.25, 0.3) is 0 Å².